The zero-order valence-corrected chi connectivity index (χ0v) is 22.6. The summed E-state index contributed by atoms with van der Waals surface area (Å²) in [7, 11) is 0. The molecular weight excluding hydrogens is 516 g/mol. The van der Waals surface area contributed by atoms with Crippen molar-refractivity contribution in [3.63, 3.8) is 0 Å². The molecule has 7 aromatic carbocycles. The van der Waals surface area contributed by atoms with E-state index in [1.165, 1.54) is 0 Å². The van der Waals surface area contributed by atoms with E-state index in [4.69, 9.17) is 0 Å². The third-order valence-corrected chi connectivity index (χ3v) is 7.85. The molecule has 0 heterocycles. The molecule has 3 heteroatoms. The molecule has 0 bridgehead atoms. The van der Waals surface area contributed by atoms with E-state index in [0.717, 1.165) is 26.9 Å². The van der Waals surface area contributed by atoms with Crippen molar-refractivity contribution in [2.45, 2.75) is 0 Å². The van der Waals surface area contributed by atoms with Crippen LogP contribution < -0.4 is 0 Å². The summed E-state index contributed by atoms with van der Waals surface area (Å²) in [5, 5.41) is 5.49. The van der Waals surface area contributed by atoms with Gasteiger partial charge in [-0.2, -0.15) is 0 Å². The van der Waals surface area contributed by atoms with Crippen molar-refractivity contribution in [3.05, 3.63) is 179 Å². The minimum absolute atomic E-state index is 0.122. The Morgan fingerprint density at radius 1 is 0.333 bits per heavy atom. The fraction of sp³-hybridized carbons (Fsp3) is 0. The van der Waals surface area contributed by atoms with Crippen LogP contribution in [0.2, 0.25) is 0 Å². The fourth-order valence-electron chi connectivity index (χ4n) is 5.83. The first-order chi connectivity index (χ1) is 20.6. The van der Waals surface area contributed by atoms with Crippen LogP contribution in [0.4, 0.5) is 0 Å². The fourth-order valence-corrected chi connectivity index (χ4v) is 5.83. The molecule has 0 atom stereocenters. The molecule has 0 aromatic heterocycles. The van der Waals surface area contributed by atoms with Crippen LogP contribution in [0.25, 0.3) is 32.3 Å². The maximum absolute atomic E-state index is 14.4. The summed E-state index contributed by atoms with van der Waals surface area (Å²) in [6.07, 6.45) is 0. The van der Waals surface area contributed by atoms with Crippen molar-refractivity contribution in [1.29, 1.82) is 0 Å². The number of carbonyl (C=O) groups excluding carboxylic acids is 3. The molecule has 0 aliphatic carbocycles. The molecule has 0 unspecified atom stereocenters. The van der Waals surface area contributed by atoms with Gasteiger partial charge in [0, 0.05) is 33.4 Å². The minimum Gasteiger partial charge on any atom is -0.289 e. The van der Waals surface area contributed by atoms with Gasteiger partial charge in [-0.1, -0.05) is 140 Å². The Hall–Kier alpha value is -5.67. The molecule has 0 saturated carbocycles. The van der Waals surface area contributed by atoms with Gasteiger partial charge in [0.15, 0.2) is 17.3 Å². The Morgan fingerprint density at radius 3 is 1.40 bits per heavy atom. The summed E-state index contributed by atoms with van der Waals surface area (Å²) in [4.78, 5) is 43.0. The van der Waals surface area contributed by atoms with Gasteiger partial charge in [0.2, 0.25) is 0 Å². The Kier molecular flexibility index (Phi) is 6.26. The highest BCUT2D eigenvalue weighted by atomic mass is 16.1. The molecule has 7 rings (SSSR count). The van der Waals surface area contributed by atoms with Crippen LogP contribution in [-0.2, 0) is 0 Å². The quantitative estimate of drug-likeness (QED) is 0.156. The van der Waals surface area contributed by atoms with Gasteiger partial charge in [-0.3, -0.25) is 14.4 Å². The van der Waals surface area contributed by atoms with Crippen LogP contribution in [0.15, 0.2) is 146 Å². The standard InChI is InChI=1S/C39H24O3/c40-37(26-13-4-1-5-14-26)34-24-33-31-21-20-25-12-10-11-19-29(25)30(31)22-23-32(33)35(38(41)27-15-6-2-7-16-27)36(34)39(42)28-17-8-3-9-18-28/h1-24H. The topological polar surface area (TPSA) is 51.2 Å². The van der Waals surface area contributed by atoms with Gasteiger partial charge in [0.05, 0.1) is 0 Å². The van der Waals surface area contributed by atoms with Crippen LogP contribution in [-0.4, -0.2) is 17.3 Å². The van der Waals surface area contributed by atoms with Crippen molar-refractivity contribution in [2.24, 2.45) is 0 Å². The Morgan fingerprint density at radius 2 is 0.786 bits per heavy atom. The number of carbonyl (C=O) groups is 3. The van der Waals surface area contributed by atoms with Gasteiger partial charge in [0.25, 0.3) is 0 Å². The van der Waals surface area contributed by atoms with Crippen molar-refractivity contribution < 1.29 is 14.4 Å². The number of benzene rings is 7. The summed E-state index contributed by atoms with van der Waals surface area (Å²) in [6.45, 7) is 0. The van der Waals surface area contributed by atoms with E-state index < -0.39 is 0 Å². The SMILES string of the molecule is O=C(c1ccccc1)c1cc2c(ccc3c4ccccc4ccc23)c(C(=O)c2ccccc2)c1C(=O)c1ccccc1. The molecule has 198 valence electrons. The summed E-state index contributed by atoms with van der Waals surface area (Å²) < 4.78 is 0. The van der Waals surface area contributed by atoms with E-state index >= 15 is 0 Å². The van der Waals surface area contributed by atoms with Gasteiger partial charge < -0.3 is 0 Å². The largest absolute Gasteiger partial charge is 0.289 e. The molecule has 7 aromatic rings. The molecule has 0 N–H and O–H groups in total. The average Bonchev–Trinajstić information content (AvgIpc) is 3.07. The second kappa shape index (κ2) is 10.4. The molecule has 42 heavy (non-hydrogen) atoms. The molecule has 0 radical (unpaired) electrons. The minimum atomic E-state index is -0.366. The predicted molar refractivity (Wildman–Crippen MR) is 169 cm³/mol. The van der Waals surface area contributed by atoms with E-state index in [-0.39, 0.29) is 34.0 Å². The predicted octanol–water partition coefficient (Wildman–Crippen LogP) is 8.84. The number of fused-ring (bicyclic) bond motifs is 5. The third kappa shape index (κ3) is 4.20. The lowest BCUT2D eigenvalue weighted by Crippen LogP contribution is -2.18. The van der Waals surface area contributed by atoms with E-state index in [9.17, 15) is 14.4 Å². The Labute approximate surface area is 242 Å². The first-order valence-corrected chi connectivity index (χ1v) is 13.8. The zero-order valence-electron chi connectivity index (χ0n) is 22.6. The smallest absolute Gasteiger partial charge is 0.194 e. The lowest BCUT2D eigenvalue weighted by atomic mass is 9.82. The van der Waals surface area contributed by atoms with Gasteiger partial charge in [-0.25, -0.2) is 0 Å². The Balaban J connectivity index is 1.64. The lowest BCUT2D eigenvalue weighted by molar-refractivity contribution is 0.0992. The van der Waals surface area contributed by atoms with Crippen LogP contribution in [0, 0.1) is 0 Å². The lowest BCUT2D eigenvalue weighted by Gasteiger charge is -2.18. The van der Waals surface area contributed by atoms with Gasteiger partial charge >= 0.3 is 0 Å². The van der Waals surface area contributed by atoms with Crippen LogP contribution in [0.1, 0.15) is 47.8 Å². The number of hydrogen-bond donors (Lipinski definition) is 0. The summed E-state index contributed by atoms with van der Waals surface area (Å²) in [5.41, 5.74) is 1.88. The van der Waals surface area contributed by atoms with E-state index in [1.54, 1.807) is 78.9 Å². The molecule has 0 spiro atoms. The van der Waals surface area contributed by atoms with E-state index in [2.05, 4.69) is 18.2 Å². The van der Waals surface area contributed by atoms with Crippen molar-refractivity contribution in [2.75, 3.05) is 0 Å². The van der Waals surface area contributed by atoms with Crippen molar-refractivity contribution >= 4 is 49.7 Å². The van der Waals surface area contributed by atoms with E-state index in [0.29, 0.717) is 22.1 Å². The monoisotopic (exact) mass is 540 g/mol. The van der Waals surface area contributed by atoms with Gasteiger partial charge in [-0.05, 0) is 38.4 Å². The molecule has 0 saturated heterocycles. The number of rotatable bonds is 6. The summed E-state index contributed by atoms with van der Waals surface area (Å²) >= 11 is 0. The molecule has 0 aliphatic heterocycles. The van der Waals surface area contributed by atoms with Crippen LogP contribution >= 0.6 is 0 Å². The third-order valence-electron chi connectivity index (χ3n) is 7.85. The first-order valence-electron chi connectivity index (χ1n) is 13.8. The molecular formula is C39H24O3. The molecule has 0 amide bonds. The summed E-state index contributed by atoms with van der Waals surface area (Å²) in [6, 6.07) is 44.6. The van der Waals surface area contributed by atoms with Crippen LogP contribution in [0.5, 0.6) is 0 Å². The molecule has 3 nitrogen and oxygen atoms in total. The first kappa shape index (κ1) is 25.3. The molecule has 0 fully saturated rings. The summed E-state index contributed by atoms with van der Waals surface area (Å²) in [5.74, 6) is -0.978. The van der Waals surface area contributed by atoms with Gasteiger partial charge in [0.1, 0.15) is 0 Å². The van der Waals surface area contributed by atoms with Gasteiger partial charge in [-0.15, -0.1) is 0 Å². The second-order valence-corrected chi connectivity index (χ2v) is 10.3. The highest BCUT2D eigenvalue weighted by Gasteiger charge is 2.29. The normalized spacial score (nSPS) is 11.1. The number of ketones is 3. The number of hydrogen-bond acceptors (Lipinski definition) is 3. The maximum atomic E-state index is 14.4. The van der Waals surface area contributed by atoms with Crippen LogP contribution in [0.3, 0.4) is 0 Å². The second-order valence-electron chi connectivity index (χ2n) is 10.3. The highest BCUT2D eigenvalue weighted by Crippen LogP contribution is 2.37. The highest BCUT2D eigenvalue weighted by molar-refractivity contribution is 6.32. The Bertz CT molecular complexity index is 2160. The van der Waals surface area contributed by atoms with Crippen molar-refractivity contribution in [1.82, 2.24) is 0 Å². The maximum Gasteiger partial charge on any atom is 0.194 e. The van der Waals surface area contributed by atoms with Crippen molar-refractivity contribution in [3.8, 4) is 0 Å². The zero-order chi connectivity index (χ0) is 28.6. The average molecular weight is 541 g/mol. The molecule has 0 aliphatic rings. The van der Waals surface area contributed by atoms with E-state index in [1.807, 2.05) is 48.5 Å².